The van der Waals surface area contributed by atoms with E-state index in [1.807, 2.05) is 0 Å². The number of ether oxygens (including phenoxy) is 1. The van der Waals surface area contributed by atoms with Crippen molar-refractivity contribution in [2.24, 2.45) is 0 Å². The van der Waals surface area contributed by atoms with Gasteiger partial charge in [-0.05, 0) is 24.3 Å². The Kier molecular flexibility index (Phi) is 4.27. The van der Waals surface area contributed by atoms with Crippen LogP contribution in [0.3, 0.4) is 0 Å². The maximum atomic E-state index is 13.1. The average Bonchev–Trinajstić information content (AvgIpc) is 2.46. The summed E-state index contributed by atoms with van der Waals surface area (Å²) < 4.78 is 44.7. The molecule has 2 aromatic rings. The minimum absolute atomic E-state index is 0.0282. The molecule has 0 fully saturated rings. The molecule has 9 heteroatoms. The number of hydrogen-bond acceptors (Lipinski definition) is 5. The second-order valence-electron chi connectivity index (χ2n) is 4.21. The molecule has 0 unspecified atom stereocenters. The van der Waals surface area contributed by atoms with Crippen molar-refractivity contribution in [3.05, 3.63) is 58.4 Å². The summed E-state index contributed by atoms with van der Waals surface area (Å²) in [6.07, 6.45) is 0. The van der Waals surface area contributed by atoms with E-state index in [4.69, 9.17) is 4.74 Å². The Hall–Kier alpha value is -2.68. The fourth-order valence-corrected chi connectivity index (χ4v) is 2.96. The van der Waals surface area contributed by atoms with Crippen molar-refractivity contribution in [3.63, 3.8) is 0 Å². The largest absolute Gasteiger partial charge is 0.495 e. The summed E-state index contributed by atoms with van der Waals surface area (Å²) in [6.45, 7) is 0. The number of anilines is 1. The molecule has 0 aliphatic heterocycles. The van der Waals surface area contributed by atoms with Gasteiger partial charge in [-0.1, -0.05) is 6.07 Å². The molecule has 7 nitrogen and oxygen atoms in total. The Morgan fingerprint density at radius 2 is 1.95 bits per heavy atom. The molecule has 1 N–H and O–H groups in total. The summed E-state index contributed by atoms with van der Waals surface area (Å²) in [5.41, 5.74) is -0.276. The third-order valence-electron chi connectivity index (χ3n) is 2.72. The molecule has 0 saturated heterocycles. The van der Waals surface area contributed by atoms with Crippen LogP contribution in [0.2, 0.25) is 0 Å². The van der Waals surface area contributed by atoms with Crippen LogP contribution >= 0.6 is 0 Å². The molecule has 2 aromatic carbocycles. The molecule has 0 aliphatic rings. The molecule has 0 aliphatic carbocycles. The van der Waals surface area contributed by atoms with E-state index in [9.17, 15) is 22.9 Å². The Morgan fingerprint density at radius 3 is 2.55 bits per heavy atom. The summed E-state index contributed by atoms with van der Waals surface area (Å²) >= 11 is 0. The lowest BCUT2D eigenvalue weighted by Crippen LogP contribution is -2.14. The highest BCUT2D eigenvalue weighted by atomic mass is 32.2. The Labute approximate surface area is 125 Å². The van der Waals surface area contributed by atoms with Gasteiger partial charge in [-0.3, -0.25) is 14.8 Å². The van der Waals surface area contributed by atoms with Crippen LogP contribution < -0.4 is 9.46 Å². The first kappa shape index (κ1) is 15.7. The Bertz CT molecular complexity index is 823. The number of nitro groups is 1. The van der Waals surface area contributed by atoms with Crippen LogP contribution in [-0.2, 0) is 10.0 Å². The third kappa shape index (κ3) is 3.31. The monoisotopic (exact) mass is 326 g/mol. The predicted molar refractivity (Wildman–Crippen MR) is 76.9 cm³/mol. The van der Waals surface area contributed by atoms with Crippen LogP contribution in [0.4, 0.5) is 15.8 Å². The second-order valence-corrected chi connectivity index (χ2v) is 5.86. The van der Waals surface area contributed by atoms with Crippen molar-refractivity contribution in [1.29, 1.82) is 0 Å². The molecular weight excluding hydrogens is 315 g/mol. The number of non-ortho nitro benzene ring substituents is 1. The smallest absolute Gasteiger partial charge is 0.273 e. The van der Waals surface area contributed by atoms with Gasteiger partial charge in [-0.25, -0.2) is 12.8 Å². The topological polar surface area (TPSA) is 98.5 Å². The van der Waals surface area contributed by atoms with Gasteiger partial charge in [0.05, 0.1) is 23.8 Å². The molecule has 0 spiro atoms. The zero-order chi connectivity index (χ0) is 16.3. The Balaban J connectivity index is 2.43. The van der Waals surface area contributed by atoms with Gasteiger partial charge in [0, 0.05) is 6.07 Å². The van der Waals surface area contributed by atoms with Crippen molar-refractivity contribution in [2.75, 3.05) is 11.8 Å². The van der Waals surface area contributed by atoms with Crippen LogP contribution in [-0.4, -0.2) is 20.5 Å². The molecule has 0 saturated carbocycles. The molecule has 0 bridgehead atoms. The molecule has 0 aromatic heterocycles. The van der Waals surface area contributed by atoms with E-state index in [1.54, 1.807) is 0 Å². The zero-order valence-electron chi connectivity index (χ0n) is 11.3. The molecule has 0 amide bonds. The Morgan fingerprint density at radius 1 is 1.23 bits per heavy atom. The molecular formula is C13H11FN2O5S. The molecule has 0 radical (unpaired) electrons. The van der Waals surface area contributed by atoms with E-state index >= 15 is 0 Å². The normalized spacial score (nSPS) is 11.0. The van der Waals surface area contributed by atoms with Crippen molar-refractivity contribution in [1.82, 2.24) is 0 Å². The summed E-state index contributed by atoms with van der Waals surface area (Å²) in [5.74, 6) is -0.783. The number of sulfonamides is 1. The van der Waals surface area contributed by atoms with Crippen LogP contribution in [0.1, 0.15) is 0 Å². The fraction of sp³-hybridized carbons (Fsp3) is 0.0769. The average molecular weight is 326 g/mol. The van der Waals surface area contributed by atoms with Gasteiger partial charge >= 0.3 is 0 Å². The van der Waals surface area contributed by atoms with E-state index in [0.29, 0.717) is 0 Å². The number of nitrogens with one attached hydrogen (secondary N) is 1. The second kappa shape index (κ2) is 5.98. The van der Waals surface area contributed by atoms with Crippen molar-refractivity contribution in [2.45, 2.75) is 4.90 Å². The minimum atomic E-state index is -4.08. The van der Waals surface area contributed by atoms with E-state index in [0.717, 1.165) is 24.3 Å². The van der Waals surface area contributed by atoms with Gasteiger partial charge in [-0.2, -0.15) is 0 Å². The number of nitrogens with zero attached hydrogens (tertiary/aromatic N) is 1. The van der Waals surface area contributed by atoms with Crippen molar-refractivity contribution in [3.8, 4) is 5.75 Å². The maximum Gasteiger partial charge on any atom is 0.273 e. The van der Waals surface area contributed by atoms with E-state index in [1.165, 1.54) is 25.3 Å². The number of hydrogen-bond donors (Lipinski definition) is 1. The van der Waals surface area contributed by atoms with Crippen LogP contribution in [0.15, 0.2) is 47.4 Å². The molecule has 2 rings (SSSR count). The minimum Gasteiger partial charge on any atom is -0.495 e. The fourth-order valence-electron chi connectivity index (χ4n) is 1.75. The van der Waals surface area contributed by atoms with E-state index in [-0.39, 0.29) is 22.0 Å². The lowest BCUT2D eigenvalue weighted by molar-refractivity contribution is -0.385. The highest BCUT2D eigenvalue weighted by Gasteiger charge is 2.22. The molecule has 22 heavy (non-hydrogen) atoms. The first-order chi connectivity index (χ1) is 10.3. The maximum absolute atomic E-state index is 13.1. The summed E-state index contributed by atoms with van der Waals surface area (Å²) in [5, 5.41) is 10.7. The van der Waals surface area contributed by atoms with Crippen LogP contribution in [0.25, 0.3) is 0 Å². The number of nitro benzene ring substituents is 1. The number of halogens is 1. The van der Waals surface area contributed by atoms with E-state index < -0.39 is 20.8 Å². The van der Waals surface area contributed by atoms with Crippen LogP contribution in [0.5, 0.6) is 5.75 Å². The summed E-state index contributed by atoms with van der Waals surface area (Å²) in [6, 6.07) is 8.00. The van der Waals surface area contributed by atoms with Crippen LogP contribution in [0, 0.1) is 15.9 Å². The summed E-state index contributed by atoms with van der Waals surface area (Å²) in [7, 11) is -2.88. The van der Waals surface area contributed by atoms with Gasteiger partial charge < -0.3 is 4.74 Å². The highest BCUT2D eigenvalue weighted by molar-refractivity contribution is 7.92. The van der Waals surface area contributed by atoms with E-state index in [2.05, 4.69) is 4.72 Å². The van der Waals surface area contributed by atoms with Gasteiger partial charge in [-0.15, -0.1) is 0 Å². The van der Waals surface area contributed by atoms with Gasteiger partial charge in [0.1, 0.15) is 16.5 Å². The zero-order valence-corrected chi connectivity index (χ0v) is 12.1. The highest BCUT2D eigenvalue weighted by Crippen LogP contribution is 2.29. The van der Waals surface area contributed by atoms with Crippen molar-refractivity contribution < 1.29 is 22.5 Å². The number of rotatable bonds is 5. The third-order valence-corrected chi connectivity index (χ3v) is 4.15. The number of benzene rings is 2. The van der Waals surface area contributed by atoms with Gasteiger partial charge in [0.25, 0.3) is 15.7 Å². The van der Waals surface area contributed by atoms with Crippen molar-refractivity contribution >= 4 is 21.4 Å². The first-order valence-electron chi connectivity index (χ1n) is 5.94. The first-order valence-corrected chi connectivity index (χ1v) is 7.42. The lowest BCUT2D eigenvalue weighted by atomic mass is 10.3. The number of methoxy groups -OCH3 is 1. The summed E-state index contributed by atoms with van der Waals surface area (Å²) in [4.78, 5) is 9.75. The lowest BCUT2D eigenvalue weighted by Gasteiger charge is -2.11. The van der Waals surface area contributed by atoms with Gasteiger partial charge in [0.2, 0.25) is 0 Å². The SMILES string of the molecule is COc1cc([N+](=O)[O-])ccc1S(=O)(=O)Nc1cccc(F)c1. The molecule has 0 heterocycles. The quantitative estimate of drug-likeness (QED) is 0.672. The van der Waals surface area contributed by atoms with Gasteiger partial charge in [0.15, 0.2) is 0 Å². The standard InChI is InChI=1S/C13H11FN2O5S/c1-21-12-8-11(16(17)18)5-6-13(12)22(19,20)15-10-4-2-3-9(14)7-10/h2-8,15H,1H3. The molecule has 0 atom stereocenters. The molecule has 116 valence electrons. The predicted octanol–water partition coefficient (Wildman–Crippen LogP) is 2.54.